The van der Waals surface area contributed by atoms with Crippen LogP contribution in [0.4, 0.5) is 4.79 Å². The number of rotatable bonds is 4. The summed E-state index contributed by atoms with van der Waals surface area (Å²) in [5, 5.41) is 2.65. The van der Waals surface area contributed by atoms with Gasteiger partial charge in [0.1, 0.15) is 5.75 Å². The number of nitrogens with one attached hydrogen (secondary N) is 1. The molecule has 1 N–H and O–H groups in total. The largest absolute Gasteiger partial charge is 0.473 e. The summed E-state index contributed by atoms with van der Waals surface area (Å²) in [5.41, 5.74) is 2.16. The van der Waals surface area contributed by atoms with E-state index in [1.165, 1.54) is 4.90 Å². The van der Waals surface area contributed by atoms with Gasteiger partial charge >= 0.3 is 6.03 Å². The maximum Gasteiger partial charge on any atom is 0.320 e. The third kappa shape index (κ3) is 3.91. The second kappa shape index (κ2) is 6.56. The van der Waals surface area contributed by atoms with Crippen molar-refractivity contribution in [1.82, 2.24) is 10.2 Å². The first kappa shape index (κ1) is 16.6. The molecule has 1 saturated heterocycles. The summed E-state index contributed by atoms with van der Waals surface area (Å²) in [5.74, 6) is 0.912. The molecule has 1 atom stereocenters. The Morgan fingerprint density at radius 3 is 2.77 bits per heavy atom. The molecule has 0 aliphatic carbocycles. The Balaban J connectivity index is 1.84. The molecule has 1 fully saturated rings. The Morgan fingerprint density at radius 2 is 2.14 bits per heavy atom. The summed E-state index contributed by atoms with van der Waals surface area (Å²) in [6.07, 6.45) is 0.490. The van der Waals surface area contributed by atoms with Crippen molar-refractivity contribution >= 4 is 15.9 Å². The van der Waals surface area contributed by atoms with Crippen LogP contribution in [0.3, 0.4) is 0 Å². The zero-order chi connectivity index (χ0) is 16.3. The molecule has 0 aromatic heterocycles. The van der Waals surface area contributed by atoms with E-state index in [1.54, 1.807) is 7.05 Å². The minimum absolute atomic E-state index is 0.0365. The molecule has 0 spiro atoms. The van der Waals surface area contributed by atoms with Crippen LogP contribution in [0.1, 0.15) is 17.5 Å². The molecular weight excluding hydrogens is 304 g/mol. The number of benzene rings is 1. The SMILES string of the molecule is Cc1cccc(OCNC(=O)N(C)C2CCS(=O)(=O)C2)c1C. The molecule has 1 unspecified atom stereocenters. The summed E-state index contributed by atoms with van der Waals surface area (Å²) in [7, 11) is -1.39. The van der Waals surface area contributed by atoms with E-state index in [-0.39, 0.29) is 30.3 Å². The van der Waals surface area contributed by atoms with Gasteiger partial charge in [0.2, 0.25) is 0 Å². The minimum Gasteiger partial charge on any atom is -0.473 e. The third-order valence-electron chi connectivity index (χ3n) is 4.08. The van der Waals surface area contributed by atoms with Crippen LogP contribution >= 0.6 is 0 Å². The predicted molar refractivity (Wildman–Crippen MR) is 84.8 cm³/mol. The maximum absolute atomic E-state index is 12.0. The van der Waals surface area contributed by atoms with Crippen LogP contribution in [-0.2, 0) is 9.84 Å². The van der Waals surface area contributed by atoms with Crippen molar-refractivity contribution in [3.8, 4) is 5.75 Å². The lowest BCUT2D eigenvalue weighted by molar-refractivity contribution is 0.182. The van der Waals surface area contributed by atoms with Crippen molar-refractivity contribution < 1.29 is 17.9 Å². The van der Waals surface area contributed by atoms with Crippen LogP contribution in [0.15, 0.2) is 18.2 Å². The molecule has 2 amide bonds. The molecule has 1 aromatic carbocycles. The summed E-state index contributed by atoms with van der Waals surface area (Å²) >= 11 is 0. The highest BCUT2D eigenvalue weighted by molar-refractivity contribution is 7.91. The highest BCUT2D eigenvalue weighted by atomic mass is 32.2. The monoisotopic (exact) mass is 326 g/mol. The Morgan fingerprint density at radius 1 is 1.41 bits per heavy atom. The number of urea groups is 1. The zero-order valence-corrected chi connectivity index (χ0v) is 13.9. The number of carbonyl (C=O) groups excluding carboxylic acids is 1. The van der Waals surface area contributed by atoms with Crippen molar-refractivity contribution in [2.45, 2.75) is 26.3 Å². The third-order valence-corrected chi connectivity index (χ3v) is 5.83. The standard InChI is InChI=1S/C15H22N2O4S/c1-11-5-4-6-14(12(11)2)21-10-16-15(18)17(3)13-7-8-22(19,20)9-13/h4-6,13H,7-10H2,1-3H3,(H,16,18). The molecule has 1 aliphatic heterocycles. The highest BCUT2D eigenvalue weighted by Gasteiger charge is 2.32. The zero-order valence-electron chi connectivity index (χ0n) is 13.1. The molecule has 2 rings (SSSR count). The Bertz CT molecular complexity index is 658. The van der Waals surface area contributed by atoms with Crippen LogP contribution in [-0.4, -0.2) is 50.7 Å². The first-order valence-electron chi connectivity index (χ1n) is 7.20. The summed E-state index contributed by atoms with van der Waals surface area (Å²) in [6.45, 7) is 4.00. The fourth-order valence-corrected chi connectivity index (χ4v) is 4.20. The Labute approximate surface area is 131 Å². The van der Waals surface area contributed by atoms with Gasteiger partial charge < -0.3 is 15.0 Å². The van der Waals surface area contributed by atoms with E-state index in [1.807, 2.05) is 32.0 Å². The van der Waals surface area contributed by atoms with Gasteiger partial charge in [-0.05, 0) is 37.5 Å². The van der Waals surface area contributed by atoms with Gasteiger partial charge in [0, 0.05) is 13.1 Å². The lowest BCUT2D eigenvalue weighted by Gasteiger charge is -2.23. The number of nitrogens with zero attached hydrogens (tertiary/aromatic N) is 1. The first-order valence-corrected chi connectivity index (χ1v) is 9.02. The van der Waals surface area contributed by atoms with Crippen LogP contribution in [0.5, 0.6) is 5.75 Å². The maximum atomic E-state index is 12.0. The van der Waals surface area contributed by atoms with Gasteiger partial charge in [0.15, 0.2) is 16.6 Å². The minimum atomic E-state index is -3.00. The Hall–Kier alpha value is -1.76. The van der Waals surface area contributed by atoms with E-state index >= 15 is 0 Å². The van der Waals surface area contributed by atoms with Crippen molar-refractivity contribution in [3.63, 3.8) is 0 Å². The molecule has 122 valence electrons. The van der Waals surface area contributed by atoms with Crippen molar-refractivity contribution in [1.29, 1.82) is 0 Å². The lowest BCUT2D eigenvalue weighted by Crippen LogP contribution is -2.45. The van der Waals surface area contributed by atoms with Gasteiger partial charge in [-0.3, -0.25) is 0 Å². The number of ether oxygens (including phenoxy) is 1. The Kier molecular flexibility index (Phi) is 4.95. The first-order chi connectivity index (χ1) is 10.3. The molecular formula is C15H22N2O4S. The number of aryl methyl sites for hydroxylation is 1. The van der Waals surface area contributed by atoms with E-state index in [0.717, 1.165) is 16.9 Å². The summed E-state index contributed by atoms with van der Waals surface area (Å²) in [6, 6.07) is 5.16. The molecule has 1 heterocycles. The molecule has 6 nitrogen and oxygen atoms in total. The highest BCUT2D eigenvalue weighted by Crippen LogP contribution is 2.20. The van der Waals surface area contributed by atoms with E-state index in [2.05, 4.69) is 5.32 Å². The quantitative estimate of drug-likeness (QED) is 0.850. The molecule has 0 saturated carbocycles. The number of hydrogen-bond donors (Lipinski definition) is 1. The molecule has 0 bridgehead atoms. The number of sulfone groups is 1. The molecule has 7 heteroatoms. The van der Waals surface area contributed by atoms with Crippen LogP contribution in [0.25, 0.3) is 0 Å². The molecule has 1 aliphatic rings. The van der Waals surface area contributed by atoms with Gasteiger partial charge in [-0.2, -0.15) is 0 Å². The molecule has 1 aromatic rings. The number of amides is 2. The summed E-state index contributed by atoms with van der Waals surface area (Å²) in [4.78, 5) is 13.5. The number of hydrogen-bond acceptors (Lipinski definition) is 4. The summed E-state index contributed by atoms with van der Waals surface area (Å²) < 4.78 is 28.5. The van der Waals surface area contributed by atoms with E-state index in [9.17, 15) is 13.2 Å². The van der Waals surface area contributed by atoms with Crippen molar-refractivity contribution in [2.75, 3.05) is 25.3 Å². The van der Waals surface area contributed by atoms with Crippen molar-refractivity contribution in [2.24, 2.45) is 0 Å². The van der Waals surface area contributed by atoms with Gasteiger partial charge in [-0.25, -0.2) is 13.2 Å². The van der Waals surface area contributed by atoms with Crippen molar-refractivity contribution in [3.05, 3.63) is 29.3 Å². The predicted octanol–water partition coefficient (Wildman–Crippen LogP) is 1.47. The van der Waals surface area contributed by atoms with Crippen LogP contribution < -0.4 is 10.1 Å². The van der Waals surface area contributed by atoms with E-state index < -0.39 is 9.84 Å². The fourth-order valence-electron chi connectivity index (χ4n) is 2.43. The average Bonchev–Trinajstić information content (AvgIpc) is 2.82. The second-order valence-corrected chi connectivity index (χ2v) is 7.87. The topological polar surface area (TPSA) is 75.7 Å². The lowest BCUT2D eigenvalue weighted by atomic mass is 10.1. The van der Waals surface area contributed by atoms with Gasteiger partial charge in [0.05, 0.1) is 11.5 Å². The molecule has 22 heavy (non-hydrogen) atoms. The smallest absolute Gasteiger partial charge is 0.320 e. The average molecular weight is 326 g/mol. The second-order valence-electron chi connectivity index (χ2n) is 5.64. The van der Waals surface area contributed by atoms with Gasteiger partial charge in [0.25, 0.3) is 0 Å². The number of carbonyl (C=O) groups is 1. The molecule has 0 radical (unpaired) electrons. The van der Waals surface area contributed by atoms with Crippen LogP contribution in [0.2, 0.25) is 0 Å². The van der Waals surface area contributed by atoms with E-state index in [0.29, 0.717) is 6.42 Å². The van der Waals surface area contributed by atoms with Gasteiger partial charge in [-0.1, -0.05) is 12.1 Å². The fraction of sp³-hybridized carbons (Fsp3) is 0.533. The van der Waals surface area contributed by atoms with E-state index in [4.69, 9.17) is 4.74 Å². The van der Waals surface area contributed by atoms with Crippen LogP contribution in [0, 0.1) is 13.8 Å². The normalized spacial score (nSPS) is 19.7. The van der Waals surface area contributed by atoms with Gasteiger partial charge in [-0.15, -0.1) is 0 Å².